The Hall–Kier alpha value is -1.17. The normalized spacial score (nSPS) is 16.4. The van der Waals surface area contributed by atoms with E-state index in [9.17, 15) is 4.39 Å². The third kappa shape index (κ3) is 3.36. The Balaban J connectivity index is 1.89. The van der Waals surface area contributed by atoms with Crippen LogP contribution in [0.3, 0.4) is 0 Å². The second kappa shape index (κ2) is 6.30. The highest BCUT2D eigenvalue weighted by molar-refractivity contribution is 9.10. The van der Waals surface area contributed by atoms with Gasteiger partial charge in [0.15, 0.2) is 0 Å². The van der Waals surface area contributed by atoms with Gasteiger partial charge in [-0.1, -0.05) is 15.9 Å². The molecule has 112 valence electrons. The van der Waals surface area contributed by atoms with E-state index in [4.69, 9.17) is 10.2 Å². The third-order valence-electron chi connectivity index (χ3n) is 3.88. The van der Waals surface area contributed by atoms with Crippen LogP contribution in [-0.4, -0.2) is 17.5 Å². The minimum absolute atomic E-state index is 0.139. The predicted octanol–water partition coefficient (Wildman–Crippen LogP) is 3.85. The molecule has 1 aromatic carbocycles. The fourth-order valence-electron chi connectivity index (χ4n) is 2.69. The van der Waals surface area contributed by atoms with Gasteiger partial charge in [0, 0.05) is 22.6 Å². The molecule has 1 unspecified atom stereocenters. The summed E-state index contributed by atoms with van der Waals surface area (Å²) in [7, 11) is 0. The Morgan fingerprint density at radius 1 is 1.38 bits per heavy atom. The zero-order valence-corrected chi connectivity index (χ0v) is 13.2. The highest BCUT2D eigenvalue weighted by Crippen LogP contribution is 2.36. The molecular weight excluding hydrogens is 335 g/mol. The van der Waals surface area contributed by atoms with E-state index in [1.54, 1.807) is 12.3 Å². The van der Waals surface area contributed by atoms with Crippen LogP contribution in [0.25, 0.3) is 0 Å². The second-order valence-corrected chi connectivity index (χ2v) is 6.32. The molecule has 3 rings (SSSR count). The number of hydrogen-bond acceptors (Lipinski definition) is 3. The number of benzene rings is 1. The molecular formula is C16H18BrFN2O. The van der Waals surface area contributed by atoms with Crippen LogP contribution in [-0.2, 0) is 6.54 Å². The maximum absolute atomic E-state index is 14.2. The first-order chi connectivity index (χ1) is 10.2. The Morgan fingerprint density at radius 2 is 2.19 bits per heavy atom. The van der Waals surface area contributed by atoms with Gasteiger partial charge in [-0.05, 0) is 43.2 Å². The van der Waals surface area contributed by atoms with Crippen molar-refractivity contribution < 1.29 is 8.81 Å². The lowest BCUT2D eigenvalue weighted by Crippen LogP contribution is -2.35. The Morgan fingerprint density at radius 3 is 2.81 bits per heavy atom. The van der Waals surface area contributed by atoms with Crippen LogP contribution in [0, 0.1) is 5.82 Å². The highest BCUT2D eigenvalue weighted by Gasteiger charge is 2.35. The lowest BCUT2D eigenvalue weighted by Gasteiger charge is -2.31. The van der Waals surface area contributed by atoms with Crippen molar-refractivity contribution in [3.8, 4) is 0 Å². The number of rotatable bonds is 6. The van der Waals surface area contributed by atoms with Gasteiger partial charge in [-0.3, -0.25) is 4.90 Å². The van der Waals surface area contributed by atoms with E-state index in [2.05, 4.69) is 20.8 Å². The largest absolute Gasteiger partial charge is 0.468 e. The van der Waals surface area contributed by atoms with Crippen LogP contribution in [0.15, 0.2) is 45.5 Å². The first kappa shape index (κ1) is 14.8. The summed E-state index contributed by atoms with van der Waals surface area (Å²) >= 11 is 3.41. The summed E-state index contributed by atoms with van der Waals surface area (Å²) in [6.07, 6.45) is 3.93. The van der Waals surface area contributed by atoms with Crippen LogP contribution < -0.4 is 5.73 Å². The molecule has 0 aliphatic heterocycles. The van der Waals surface area contributed by atoms with Gasteiger partial charge >= 0.3 is 0 Å². The summed E-state index contributed by atoms with van der Waals surface area (Å²) in [6, 6.07) is 9.16. The lowest BCUT2D eigenvalue weighted by atomic mass is 10.0. The molecule has 2 N–H and O–H groups in total. The van der Waals surface area contributed by atoms with Gasteiger partial charge in [-0.2, -0.15) is 0 Å². The minimum atomic E-state index is -0.209. The maximum Gasteiger partial charge on any atom is 0.128 e. The van der Waals surface area contributed by atoms with E-state index in [1.807, 2.05) is 18.2 Å². The van der Waals surface area contributed by atoms with E-state index in [0.717, 1.165) is 23.1 Å². The number of halogens is 2. The first-order valence-corrected chi connectivity index (χ1v) is 7.91. The second-order valence-electron chi connectivity index (χ2n) is 5.40. The summed E-state index contributed by atoms with van der Waals surface area (Å²) in [5.74, 6) is 0.675. The quantitative estimate of drug-likeness (QED) is 0.858. The number of furan rings is 1. The van der Waals surface area contributed by atoms with E-state index in [0.29, 0.717) is 24.7 Å². The zero-order valence-electron chi connectivity index (χ0n) is 11.6. The van der Waals surface area contributed by atoms with Crippen LogP contribution in [0.2, 0.25) is 0 Å². The number of nitrogens with two attached hydrogens (primary N) is 1. The molecule has 1 heterocycles. The molecule has 1 saturated carbocycles. The van der Waals surface area contributed by atoms with E-state index >= 15 is 0 Å². The molecule has 1 aliphatic rings. The monoisotopic (exact) mass is 352 g/mol. The highest BCUT2D eigenvalue weighted by atomic mass is 79.9. The van der Waals surface area contributed by atoms with Crippen molar-refractivity contribution in [1.82, 2.24) is 4.90 Å². The molecule has 3 nitrogen and oxygen atoms in total. The SMILES string of the molecule is NCC(c1cc(Br)ccc1F)N(Cc1ccco1)C1CC1. The molecule has 0 amide bonds. The standard InChI is InChI=1S/C16H18BrFN2O/c17-11-3-6-15(18)14(8-11)16(9-19)20(12-4-5-12)10-13-2-1-7-21-13/h1-3,6-8,12,16H,4-5,9-10,19H2. The van der Waals surface area contributed by atoms with Gasteiger partial charge in [-0.25, -0.2) is 4.39 Å². The van der Waals surface area contributed by atoms with Crippen molar-refractivity contribution in [2.75, 3.05) is 6.54 Å². The summed E-state index contributed by atoms with van der Waals surface area (Å²) < 4.78 is 20.5. The van der Waals surface area contributed by atoms with Gasteiger partial charge in [-0.15, -0.1) is 0 Å². The number of hydrogen-bond donors (Lipinski definition) is 1. The van der Waals surface area contributed by atoms with Crippen LogP contribution in [0.4, 0.5) is 4.39 Å². The van der Waals surface area contributed by atoms with Crippen molar-refractivity contribution >= 4 is 15.9 Å². The average Bonchev–Trinajstić information content (AvgIpc) is 3.19. The Bertz CT molecular complexity index is 598. The van der Waals surface area contributed by atoms with Crippen LogP contribution in [0.5, 0.6) is 0 Å². The van der Waals surface area contributed by atoms with Gasteiger partial charge in [0.2, 0.25) is 0 Å². The summed E-state index contributed by atoms with van der Waals surface area (Å²) in [4.78, 5) is 2.25. The lowest BCUT2D eigenvalue weighted by molar-refractivity contribution is 0.165. The smallest absolute Gasteiger partial charge is 0.128 e. The van der Waals surface area contributed by atoms with E-state index in [-0.39, 0.29) is 11.9 Å². The Kier molecular flexibility index (Phi) is 4.42. The first-order valence-electron chi connectivity index (χ1n) is 7.12. The zero-order chi connectivity index (χ0) is 14.8. The summed E-state index contributed by atoms with van der Waals surface area (Å²) in [5, 5.41) is 0. The van der Waals surface area contributed by atoms with E-state index < -0.39 is 0 Å². The van der Waals surface area contributed by atoms with Gasteiger partial charge in [0.05, 0.1) is 18.8 Å². The van der Waals surface area contributed by atoms with Gasteiger partial charge < -0.3 is 10.2 Å². The molecule has 0 radical (unpaired) electrons. The molecule has 21 heavy (non-hydrogen) atoms. The van der Waals surface area contributed by atoms with Crippen molar-refractivity contribution in [3.05, 3.63) is 58.2 Å². The summed E-state index contributed by atoms with van der Waals surface area (Å²) in [6.45, 7) is 1.04. The molecule has 0 bridgehead atoms. The topological polar surface area (TPSA) is 42.4 Å². The van der Waals surface area contributed by atoms with Crippen molar-refractivity contribution in [2.24, 2.45) is 5.73 Å². The average molecular weight is 353 g/mol. The van der Waals surface area contributed by atoms with Gasteiger partial charge in [0.25, 0.3) is 0 Å². The predicted molar refractivity (Wildman–Crippen MR) is 83.2 cm³/mol. The molecule has 2 aromatic rings. The van der Waals surface area contributed by atoms with Crippen molar-refractivity contribution in [3.63, 3.8) is 0 Å². The Labute approximate surface area is 132 Å². The molecule has 0 spiro atoms. The fraction of sp³-hybridized carbons (Fsp3) is 0.375. The maximum atomic E-state index is 14.2. The van der Waals surface area contributed by atoms with Crippen molar-refractivity contribution in [2.45, 2.75) is 31.5 Å². The molecule has 1 aromatic heterocycles. The minimum Gasteiger partial charge on any atom is -0.468 e. The fourth-order valence-corrected chi connectivity index (χ4v) is 3.07. The molecule has 5 heteroatoms. The molecule has 0 saturated heterocycles. The van der Waals surface area contributed by atoms with Crippen LogP contribution >= 0.6 is 15.9 Å². The van der Waals surface area contributed by atoms with Crippen molar-refractivity contribution in [1.29, 1.82) is 0 Å². The summed E-state index contributed by atoms with van der Waals surface area (Å²) in [5.41, 5.74) is 6.61. The molecule has 1 fully saturated rings. The molecule has 1 aliphatic carbocycles. The molecule has 1 atom stereocenters. The third-order valence-corrected chi connectivity index (χ3v) is 4.37. The van der Waals surface area contributed by atoms with Crippen LogP contribution in [0.1, 0.15) is 30.2 Å². The van der Waals surface area contributed by atoms with Gasteiger partial charge in [0.1, 0.15) is 11.6 Å². The van der Waals surface area contributed by atoms with E-state index in [1.165, 1.54) is 6.07 Å². The number of nitrogens with zero attached hydrogens (tertiary/aromatic N) is 1.